The number of nitrogens with zero attached hydrogens (tertiary/aromatic N) is 1. The topological polar surface area (TPSA) is 48.9 Å². The van der Waals surface area contributed by atoms with Gasteiger partial charge in [-0.3, -0.25) is 0 Å². The molecule has 1 heterocycles. The Bertz CT molecular complexity index is 378. The smallest absolute Gasteiger partial charge is 0.137 e. The average Bonchev–Trinajstić information content (AvgIpc) is 2.72. The molecule has 1 aromatic carbocycles. The number of aliphatic hydroxyl groups is 1. The number of aromatic nitrogens is 2. The minimum atomic E-state index is 0.195. The highest BCUT2D eigenvalue weighted by atomic mass is 16.2. The molecule has 14 heavy (non-hydrogen) atoms. The third-order valence-corrected chi connectivity index (χ3v) is 2.13. The molecule has 3 heteroatoms. The molecule has 0 fully saturated rings. The Morgan fingerprint density at radius 1 is 1.21 bits per heavy atom. The summed E-state index contributed by atoms with van der Waals surface area (Å²) in [4.78, 5) is 7.20. The summed E-state index contributed by atoms with van der Waals surface area (Å²) < 4.78 is 0. The summed E-state index contributed by atoms with van der Waals surface area (Å²) in [6.45, 7) is 0.195. The molecule has 0 aliphatic rings. The van der Waals surface area contributed by atoms with Crippen molar-refractivity contribution in [3.8, 4) is 11.4 Å². The van der Waals surface area contributed by atoms with Gasteiger partial charge in [-0.15, -0.1) is 0 Å². The highest BCUT2D eigenvalue weighted by Gasteiger charge is 1.98. The minimum Gasteiger partial charge on any atom is -0.396 e. The van der Waals surface area contributed by atoms with Crippen LogP contribution in [0, 0.1) is 0 Å². The predicted octanol–water partition coefficient (Wildman–Crippen LogP) is 1.61. The zero-order valence-electron chi connectivity index (χ0n) is 7.77. The van der Waals surface area contributed by atoms with Gasteiger partial charge in [0.2, 0.25) is 0 Å². The van der Waals surface area contributed by atoms with Crippen molar-refractivity contribution in [3.05, 3.63) is 42.2 Å². The molecular formula is C11H12N2O. The van der Waals surface area contributed by atoms with Gasteiger partial charge in [0.1, 0.15) is 5.82 Å². The van der Waals surface area contributed by atoms with Crippen LogP contribution < -0.4 is 0 Å². The largest absolute Gasteiger partial charge is 0.396 e. The van der Waals surface area contributed by atoms with Crippen molar-refractivity contribution in [3.63, 3.8) is 0 Å². The summed E-state index contributed by atoms with van der Waals surface area (Å²) in [5.74, 6) is 0.876. The van der Waals surface area contributed by atoms with Gasteiger partial charge in [-0.2, -0.15) is 0 Å². The van der Waals surface area contributed by atoms with Crippen LogP contribution in [0.5, 0.6) is 0 Å². The molecule has 0 amide bonds. The van der Waals surface area contributed by atoms with Crippen molar-refractivity contribution in [2.75, 3.05) is 6.61 Å². The summed E-state index contributed by atoms with van der Waals surface area (Å²) in [5, 5.41) is 8.75. The Balaban J connectivity index is 2.22. The zero-order valence-corrected chi connectivity index (χ0v) is 7.77. The lowest BCUT2D eigenvalue weighted by molar-refractivity contribution is 0.299. The minimum absolute atomic E-state index is 0.195. The van der Waals surface area contributed by atoms with Gasteiger partial charge in [0.15, 0.2) is 0 Å². The number of nitrogens with one attached hydrogen (secondary N) is 1. The first-order chi connectivity index (χ1) is 6.90. The number of aromatic amines is 1. The molecular weight excluding hydrogens is 176 g/mol. The van der Waals surface area contributed by atoms with Gasteiger partial charge in [0.25, 0.3) is 0 Å². The summed E-state index contributed by atoms with van der Waals surface area (Å²) in [6.07, 6.45) is 4.24. The first kappa shape index (κ1) is 8.97. The molecule has 2 aromatic rings. The molecule has 2 N–H and O–H groups in total. The first-order valence-electron chi connectivity index (χ1n) is 4.59. The van der Waals surface area contributed by atoms with Crippen molar-refractivity contribution in [1.29, 1.82) is 0 Å². The van der Waals surface area contributed by atoms with E-state index < -0.39 is 0 Å². The van der Waals surface area contributed by atoms with Crippen LogP contribution in [0.25, 0.3) is 11.4 Å². The maximum absolute atomic E-state index is 8.75. The Morgan fingerprint density at radius 2 is 2.00 bits per heavy atom. The van der Waals surface area contributed by atoms with E-state index >= 15 is 0 Å². The van der Waals surface area contributed by atoms with E-state index in [0.29, 0.717) is 6.42 Å². The average molecular weight is 188 g/mol. The molecule has 0 aliphatic heterocycles. The van der Waals surface area contributed by atoms with Crippen LogP contribution in [0.4, 0.5) is 0 Å². The summed E-state index contributed by atoms with van der Waals surface area (Å²) in [7, 11) is 0. The molecule has 0 spiro atoms. The molecule has 1 aromatic heterocycles. The van der Waals surface area contributed by atoms with E-state index in [1.807, 2.05) is 24.3 Å². The van der Waals surface area contributed by atoms with Crippen molar-refractivity contribution < 1.29 is 5.11 Å². The number of hydrogen-bond donors (Lipinski definition) is 2. The molecule has 0 bridgehead atoms. The Hall–Kier alpha value is -1.61. The van der Waals surface area contributed by atoms with Crippen molar-refractivity contribution in [2.24, 2.45) is 0 Å². The van der Waals surface area contributed by atoms with Crippen LogP contribution >= 0.6 is 0 Å². The number of imidazole rings is 1. The van der Waals surface area contributed by atoms with E-state index in [2.05, 4.69) is 9.97 Å². The van der Waals surface area contributed by atoms with E-state index in [9.17, 15) is 0 Å². The second-order valence-corrected chi connectivity index (χ2v) is 3.11. The van der Waals surface area contributed by atoms with Gasteiger partial charge in [-0.05, 0) is 12.0 Å². The number of benzene rings is 1. The van der Waals surface area contributed by atoms with Gasteiger partial charge in [-0.25, -0.2) is 4.98 Å². The maximum atomic E-state index is 8.75. The van der Waals surface area contributed by atoms with E-state index in [1.54, 1.807) is 12.4 Å². The quantitative estimate of drug-likeness (QED) is 0.768. The standard InChI is InChI=1S/C11H12N2O/c14-8-5-9-1-3-10(4-2-9)11-12-6-7-13-11/h1-4,6-7,14H,5,8H2,(H,12,13). The molecule has 3 nitrogen and oxygen atoms in total. The van der Waals surface area contributed by atoms with Crippen LogP contribution in [0.1, 0.15) is 5.56 Å². The van der Waals surface area contributed by atoms with Gasteiger partial charge in [0.05, 0.1) is 0 Å². The van der Waals surface area contributed by atoms with Crippen molar-refractivity contribution >= 4 is 0 Å². The maximum Gasteiger partial charge on any atom is 0.137 e. The van der Waals surface area contributed by atoms with Gasteiger partial charge in [0, 0.05) is 24.6 Å². The zero-order chi connectivity index (χ0) is 9.80. The fraction of sp³-hybridized carbons (Fsp3) is 0.182. The predicted molar refractivity (Wildman–Crippen MR) is 54.8 cm³/mol. The highest BCUT2D eigenvalue weighted by Crippen LogP contribution is 2.14. The van der Waals surface area contributed by atoms with Crippen molar-refractivity contribution in [1.82, 2.24) is 9.97 Å². The number of rotatable bonds is 3. The summed E-state index contributed by atoms with van der Waals surface area (Å²) in [6, 6.07) is 8.02. The molecule has 0 aliphatic carbocycles. The second kappa shape index (κ2) is 4.07. The van der Waals surface area contributed by atoms with Crippen LogP contribution in [-0.4, -0.2) is 21.7 Å². The lowest BCUT2D eigenvalue weighted by atomic mass is 10.1. The van der Waals surface area contributed by atoms with Crippen LogP contribution in [-0.2, 0) is 6.42 Å². The van der Waals surface area contributed by atoms with Gasteiger partial charge < -0.3 is 10.1 Å². The molecule has 0 atom stereocenters. The van der Waals surface area contributed by atoms with E-state index in [-0.39, 0.29) is 6.61 Å². The normalized spacial score (nSPS) is 10.4. The summed E-state index contributed by atoms with van der Waals surface area (Å²) >= 11 is 0. The number of aliphatic hydroxyl groups excluding tert-OH is 1. The lowest BCUT2D eigenvalue weighted by Gasteiger charge is -1.99. The number of H-pyrrole nitrogens is 1. The Labute approximate surface area is 82.4 Å². The van der Waals surface area contributed by atoms with Crippen LogP contribution in [0.2, 0.25) is 0 Å². The van der Waals surface area contributed by atoms with E-state index in [4.69, 9.17) is 5.11 Å². The fourth-order valence-corrected chi connectivity index (χ4v) is 1.38. The highest BCUT2D eigenvalue weighted by molar-refractivity contribution is 5.55. The second-order valence-electron chi connectivity index (χ2n) is 3.11. The monoisotopic (exact) mass is 188 g/mol. The Morgan fingerprint density at radius 3 is 2.57 bits per heavy atom. The third kappa shape index (κ3) is 1.83. The first-order valence-corrected chi connectivity index (χ1v) is 4.59. The third-order valence-electron chi connectivity index (χ3n) is 2.13. The number of hydrogen-bond acceptors (Lipinski definition) is 2. The molecule has 2 rings (SSSR count). The van der Waals surface area contributed by atoms with Crippen molar-refractivity contribution in [2.45, 2.75) is 6.42 Å². The molecule has 0 saturated heterocycles. The van der Waals surface area contributed by atoms with E-state index in [1.165, 1.54) is 0 Å². The summed E-state index contributed by atoms with van der Waals surface area (Å²) in [5.41, 5.74) is 2.21. The molecule has 72 valence electrons. The van der Waals surface area contributed by atoms with Crippen LogP contribution in [0.3, 0.4) is 0 Å². The molecule has 0 saturated carbocycles. The van der Waals surface area contributed by atoms with Crippen LogP contribution in [0.15, 0.2) is 36.7 Å². The Kier molecular flexibility index (Phi) is 2.60. The lowest BCUT2D eigenvalue weighted by Crippen LogP contribution is -1.90. The van der Waals surface area contributed by atoms with Gasteiger partial charge >= 0.3 is 0 Å². The van der Waals surface area contributed by atoms with E-state index in [0.717, 1.165) is 17.0 Å². The van der Waals surface area contributed by atoms with Gasteiger partial charge in [-0.1, -0.05) is 24.3 Å². The molecule has 0 unspecified atom stereocenters. The SMILES string of the molecule is OCCc1ccc(-c2ncc[nH]2)cc1. The fourth-order valence-electron chi connectivity index (χ4n) is 1.38. The molecule has 0 radical (unpaired) electrons.